The number of amides is 1. The first-order valence-corrected chi connectivity index (χ1v) is 9.58. The zero-order valence-corrected chi connectivity index (χ0v) is 17.0. The van der Waals surface area contributed by atoms with Gasteiger partial charge in [-0.1, -0.05) is 24.6 Å². The smallest absolute Gasteiger partial charge is 0.249 e. The van der Waals surface area contributed by atoms with Crippen LogP contribution in [0.2, 0.25) is 5.02 Å². The predicted octanol–water partition coefficient (Wildman–Crippen LogP) is 3.13. The second-order valence-electron chi connectivity index (χ2n) is 7.40. The third-order valence-electron chi connectivity index (χ3n) is 5.74. The first-order chi connectivity index (χ1) is 12.9. The van der Waals surface area contributed by atoms with Gasteiger partial charge in [0.05, 0.1) is 5.69 Å². The predicted molar refractivity (Wildman–Crippen MR) is 103 cm³/mol. The fourth-order valence-corrected chi connectivity index (χ4v) is 4.04. The molecule has 1 heterocycles. The van der Waals surface area contributed by atoms with Crippen molar-refractivity contribution in [3.05, 3.63) is 34.6 Å². The molecular weight excluding hydrogens is 366 g/mol. The fraction of sp³-hybridized carbons (Fsp3) is 0.579. The lowest BCUT2D eigenvalue weighted by molar-refractivity contribution is -0.142. The van der Waals surface area contributed by atoms with Gasteiger partial charge in [-0.15, -0.1) is 5.10 Å². The standard InChI is InChI=1S/C19H26ClN5O2/c1-13-8-10-19(11-9-13,24(3)17(26)12-27-4)18-21-22-23-25(18)16-7-5-6-15(20)14(16)2/h5-7,13H,8-12H2,1-4H3. The number of hydrogen-bond donors (Lipinski definition) is 0. The average Bonchev–Trinajstić information content (AvgIpc) is 3.14. The Labute approximate surface area is 164 Å². The Morgan fingerprint density at radius 2 is 2.11 bits per heavy atom. The molecule has 1 aliphatic rings. The highest BCUT2D eigenvalue weighted by molar-refractivity contribution is 6.31. The van der Waals surface area contributed by atoms with Crippen LogP contribution in [0.15, 0.2) is 18.2 Å². The van der Waals surface area contributed by atoms with E-state index in [1.165, 1.54) is 7.11 Å². The molecule has 0 N–H and O–H groups in total. The number of rotatable bonds is 5. The maximum Gasteiger partial charge on any atom is 0.249 e. The van der Waals surface area contributed by atoms with E-state index in [0.717, 1.165) is 36.9 Å². The van der Waals surface area contributed by atoms with E-state index in [9.17, 15) is 4.79 Å². The highest BCUT2D eigenvalue weighted by atomic mass is 35.5. The summed E-state index contributed by atoms with van der Waals surface area (Å²) >= 11 is 6.31. The molecule has 1 fully saturated rings. The lowest BCUT2D eigenvalue weighted by Gasteiger charge is -2.44. The highest BCUT2D eigenvalue weighted by Crippen LogP contribution is 2.43. The zero-order valence-electron chi connectivity index (χ0n) is 16.3. The van der Waals surface area contributed by atoms with E-state index in [-0.39, 0.29) is 12.5 Å². The first-order valence-electron chi connectivity index (χ1n) is 9.20. The van der Waals surface area contributed by atoms with Gasteiger partial charge in [0.15, 0.2) is 5.82 Å². The summed E-state index contributed by atoms with van der Waals surface area (Å²) in [6.45, 7) is 4.22. The Hall–Kier alpha value is -1.99. The number of carbonyl (C=O) groups excluding carboxylic acids is 1. The fourth-order valence-electron chi connectivity index (χ4n) is 3.87. The molecule has 0 aliphatic heterocycles. The first kappa shape index (κ1) is 19.8. The van der Waals surface area contributed by atoms with Crippen molar-refractivity contribution in [3.8, 4) is 5.69 Å². The Morgan fingerprint density at radius 3 is 2.78 bits per heavy atom. The van der Waals surface area contributed by atoms with Crippen molar-refractivity contribution in [1.29, 1.82) is 0 Å². The molecule has 7 nitrogen and oxygen atoms in total. The molecule has 0 saturated heterocycles. The monoisotopic (exact) mass is 391 g/mol. The molecule has 1 aliphatic carbocycles. The maximum absolute atomic E-state index is 12.7. The average molecular weight is 392 g/mol. The molecule has 2 aromatic rings. The van der Waals surface area contributed by atoms with E-state index in [4.69, 9.17) is 16.3 Å². The minimum atomic E-state index is -0.569. The van der Waals surface area contributed by atoms with Gasteiger partial charge in [0.1, 0.15) is 12.1 Å². The molecule has 0 radical (unpaired) electrons. The second kappa shape index (κ2) is 7.94. The Bertz CT molecular complexity index is 814. The van der Waals surface area contributed by atoms with Crippen LogP contribution >= 0.6 is 11.6 Å². The summed E-state index contributed by atoms with van der Waals surface area (Å²) in [6.07, 6.45) is 3.62. The van der Waals surface area contributed by atoms with E-state index < -0.39 is 5.54 Å². The summed E-state index contributed by atoms with van der Waals surface area (Å²) in [5, 5.41) is 13.2. The third-order valence-corrected chi connectivity index (χ3v) is 6.15. The molecule has 0 atom stereocenters. The summed E-state index contributed by atoms with van der Waals surface area (Å²) < 4.78 is 6.81. The van der Waals surface area contributed by atoms with Crippen LogP contribution < -0.4 is 0 Å². The number of ether oxygens (including phenoxy) is 1. The lowest BCUT2D eigenvalue weighted by atomic mass is 9.75. The van der Waals surface area contributed by atoms with E-state index in [1.54, 1.807) is 9.58 Å². The van der Waals surface area contributed by atoms with Crippen LogP contribution in [0.3, 0.4) is 0 Å². The number of benzene rings is 1. The molecule has 0 unspecified atom stereocenters. The molecule has 0 bridgehead atoms. The molecule has 3 rings (SSSR count). The van der Waals surface area contributed by atoms with Gasteiger partial charge in [-0.3, -0.25) is 4.79 Å². The summed E-state index contributed by atoms with van der Waals surface area (Å²) in [5.41, 5.74) is 1.16. The third kappa shape index (κ3) is 3.58. The number of halogens is 1. The molecule has 27 heavy (non-hydrogen) atoms. The number of hydrogen-bond acceptors (Lipinski definition) is 5. The normalized spacial score (nSPS) is 22.6. The molecular formula is C19H26ClN5O2. The summed E-state index contributed by atoms with van der Waals surface area (Å²) in [5.74, 6) is 1.21. The van der Waals surface area contributed by atoms with Crippen molar-refractivity contribution in [2.24, 2.45) is 5.92 Å². The van der Waals surface area contributed by atoms with Crippen LogP contribution in [-0.4, -0.2) is 51.8 Å². The van der Waals surface area contributed by atoms with Crippen LogP contribution in [0.25, 0.3) is 5.69 Å². The van der Waals surface area contributed by atoms with Gasteiger partial charge in [0.2, 0.25) is 5.91 Å². The maximum atomic E-state index is 12.7. The van der Waals surface area contributed by atoms with Crippen LogP contribution in [0.1, 0.15) is 44.0 Å². The van der Waals surface area contributed by atoms with Gasteiger partial charge in [0.25, 0.3) is 0 Å². The van der Waals surface area contributed by atoms with Crippen molar-refractivity contribution in [2.75, 3.05) is 20.8 Å². The minimum Gasteiger partial charge on any atom is -0.375 e. The largest absolute Gasteiger partial charge is 0.375 e. The molecule has 1 aromatic carbocycles. The topological polar surface area (TPSA) is 73.1 Å². The van der Waals surface area contributed by atoms with E-state index in [0.29, 0.717) is 16.8 Å². The molecule has 0 spiro atoms. The van der Waals surface area contributed by atoms with Crippen LogP contribution in [0.5, 0.6) is 0 Å². The van der Waals surface area contributed by atoms with Gasteiger partial charge in [-0.25, -0.2) is 0 Å². The highest BCUT2D eigenvalue weighted by Gasteiger charge is 2.46. The van der Waals surface area contributed by atoms with Crippen LogP contribution in [-0.2, 0) is 15.1 Å². The Morgan fingerprint density at radius 1 is 1.41 bits per heavy atom. The van der Waals surface area contributed by atoms with Crippen molar-refractivity contribution in [2.45, 2.75) is 45.1 Å². The molecule has 146 valence electrons. The Balaban J connectivity index is 2.11. The number of nitrogens with zero attached hydrogens (tertiary/aromatic N) is 5. The number of methoxy groups -OCH3 is 1. The molecule has 8 heteroatoms. The number of tetrazole rings is 1. The van der Waals surface area contributed by atoms with Crippen LogP contribution in [0.4, 0.5) is 0 Å². The van der Waals surface area contributed by atoms with Gasteiger partial charge in [-0.05, 0) is 66.6 Å². The zero-order chi connectivity index (χ0) is 19.6. The second-order valence-corrected chi connectivity index (χ2v) is 7.81. The number of likely N-dealkylation sites (N-methyl/N-ethyl adjacent to an activating group) is 1. The van der Waals surface area contributed by atoms with Crippen molar-refractivity contribution in [1.82, 2.24) is 25.1 Å². The minimum absolute atomic E-state index is 0.0333. The van der Waals surface area contributed by atoms with Crippen molar-refractivity contribution < 1.29 is 9.53 Å². The van der Waals surface area contributed by atoms with E-state index in [1.807, 2.05) is 32.2 Å². The Kier molecular flexibility index (Phi) is 5.81. The SMILES string of the molecule is COCC(=O)N(C)C1(c2nnnn2-c2cccc(Cl)c2C)CCC(C)CC1. The molecule has 1 amide bonds. The summed E-state index contributed by atoms with van der Waals surface area (Å²) in [7, 11) is 3.35. The van der Waals surface area contributed by atoms with Crippen molar-refractivity contribution >= 4 is 17.5 Å². The lowest BCUT2D eigenvalue weighted by Crippen LogP contribution is -2.51. The number of aromatic nitrogens is 4. The van der Waals surface area contributed by atoms with Gasteiger partial charge in [0, 0.05) is 19.2 Å². The summed E-state index contributed by atoms with van der Waals surface area (Å²) in [4.78, 5) is 14.5. The molecule has 1 saturated carbocycles. The van der Waals surface area contributed by atoms with E-state index >= 15 is 0 Å². The van der Waals surface area contributed by atoms with Gasteiger partial charge >= 0.3 is 0 Å². The quantitative estimate of drug-likeness (QED) is 0.782. The number of carbonyl (C=O) groups is 1. The van der Waals surface area contributed by atoms with Crippen LogP contribution in [0, 0.1) is 12.8 Å². The van der Waals surface area contributed by atoms with Gasteiger partial charge in [-0.2, -0.15) is 4.68 Å². The van der Waals surface area contributed by atoms with Gasteiger partial charge < -0.3 is 9.64 Å². The van der Waals surface area contributed by atoms with Crippen molar-refractivity contribution in [3.63, 3.8) is 0 Å². The molecule has 1 aromatic heterocycles. The van der Waals surface area contributed by atoms with E-state index in [2.05, 4.69) is 22.4 Å². The summed E-state index contributed by atoms with van der Waals surface area (Å²) in [6, 6.07) is 5.67.